The van der Waals surface area contributed by atoms with Crippen LogP contribution in [0.3, 0.4) is 0 Å². The lowest BCUT2D eigenvalue weighted by molar-refractivity contribution is 0.660. The van der Waals surface area contributed by atoms with Gasteiger partial charge in [-0.25, -0.2) is 9.97 Å². The fourth-order valence-corrected chi connectivity index (χ4v) is 9.15. The maximum absolute atomic E-state index is 5.23. The molecule has 0 saturated carbocycles. The third kappa shape index (κ3) is 6.04. The molecule has 0 atom stereocenters. The minimum atomic E-state index is -0.0299. The average molecular weight is 753 g/mol. The lowest BCUT2D eigenvalue weighted by Gasteiger charge is -2.22. The summed E-state index contributed by atoms with van der Waals surface area (Å²) in [6.45, 7) is 4.68. The molecule has 9 aromatic carbocycles. The van der Waals surface area contributed by atoms with Crippen molar-refractivity contribution in [2.45, 2.75) is 19.3 Å². The molecule has 10 aromatic rings. The number of rotatable bonds is 6. The maximum atomic E-state index is 5.23. The van der Waals surface area contributed by atoms with E-state index in [9.17, 15) is 0 Å². The van der Waals surface area contributed by atoms with Crippen LogP contribution in [0.4, 0.5) is 0 Å². The summed E-state index contributed by atoms with van der Waals surface area (Å²) >= 11 is 0. The molecule has 278 valence electrons. The molecule has 2 nitrogen and oxygen atoms in total. The van der Waals surface area contributed by atoms with Crippen LogP contribution >= 0.6 is 0 Å². The summed E-state index contributed by atoms with van der Waals surface area (Å²) in [4.78, 5) is 10.4. The van der Waals surface area contributed by atoms with E-state index >= 15 is 0 Å². The van der Waals surface area contributed by atoms with E-state index in [0.29, 0.717) is 5.82 Å². The number of aromatic nitrogens is 2. The highest BCUT2D eigenvalue weighted by Crippen LogP contribution is 2.49. The van der Waals surface area contributed by atoms with Crippen molar-refractivity contribution in [1.82, 2.24) is 9.97 Å². The molecule has 59 heavy (non-hydrogen) atoms. The van der Waals surface area contributed by atoms with Crippen molar-refractivity contribution in [3.8, 4) is 78.4 Å². The largest absolute Gasteiger partial charge is 0.228 e. The van der Waals surface area contributed by atoms with E-state index in [1.54, 1.807) is 0 Å². The van der Waals surface area contributed by atoms with Crippen LogP contribution in [0.25, 0.3) is 100.0 Å². The SMILES string of the molecule is CC1(C)c2ccccc2-c2ccc(-c3ccc(-c4ccc(-c5cc(-c6ccc(-c7ccc8ccccc8c7)cc6)nc(-c6ccccc6)n5)c5ccccc45)cc3)cc21. The van der Waals surface area contributed by atoms with Gasteiger partial charge in [0.1, 0.15) is 0 Å². The van der Waals surface area contributed by atoms with Gasteiger partial charge in [0.05, 0.1) is 11.4 Å². The summed E-state index contributed by atoms with van der Waals surface area (Å²) in [5.74, 6) is 0.708. The summed E-state index contributed by atoms with van der Waals surface area (Å²) in [5.41, 5.74) is 17.6. The first-order valence-corrected chi connectivity index (χ1v) is 20.4. The topological polar surface area (TPSA) is 25.8 Å². The van der Waals surface area contributed by atoms with Gasteiger partial charge in [-0.3, -0.25) is 0 Å². The number of nitrogens with zero attached hydrogens (tertiary/aromatic N) is 2. The minimum absolute atomic E-state index is 0.0299. The van der Waals surface area contributed by atoms with E-state index in [0.717, 1.165) is 33.5 Å². The summed E-state index contributed by atoms with van der Waals surface area (Å²) in [6.07, 6.45) is 0. The molecule has 0 radical (unpaired) electrons. The summed E-state index contributed by atoms with van der Waals surface area (Å²) in [5, 5.41) is 4.83. The monoisotopic (exact) mass is 752 g/mol. The standard InChI is InChI=1S/C57H40N2/c1-57(2)52-19-11-10-18-49(52)50-31-30-45(35-53(50)57)39-20-25-40(26-21-39)46-32-33-51(48-17-9-8-16-47(46)48)55-36-54(58-56(59-55)42-13-4-3-5-14-42)41-27-22-38(23-28-41)44-29-24-37-12-6-7-15-43(37)34-44/h3-36H,1-2H3. The lowest BCUT2D eigenvalue weighted by Crippen LogP contribution is -2.14. The summed E-state index contributed by atoms with van der Waals surface area (Å²) in [6, 6.07) is 74.4. The normalized spacial score (nSPS) is 12.7. The number of fused-ring (bicyclic) bond motifs is 5. The van der Waals surface area contributed by atoms with E-state index in [1.165, 1.54) is 71.8 Å². The molecule has 1 aliphatic rings. The van der Waals surface area contributed by atoms with Crippen LogP contribution in [0.5, 0.6) is 0 Å². The molecule has 0 saturated heterocycles. The number of hydrogen-bond donors (Lipinski definition) is 0. The molecule has 1 heterocycles. The van der Waals surface area contributed by atoms with Gasteiger partial charge in [0.2, 0.25) is 0 Å². The van der Waals surface area contributed by atoms with Crippen LogP contribution in [-0.4, -0.2) is 9.97 Å². The molecule has 0 aliphatic heterocycles. The van der Waals surface area contributed by atoms with Gasteiger partial charge < -0.3 is 0 Å². The van der Waals surface area contributed by atoms with Crippen LogP contribution in [-0.2, 0) is 5.41 Å². The van der Waals surface area contributed by atoms with E-state index in [4.69, 9.17) is 9.97 Å². The Bertz CT molecular complexity index is 3210. The first-order valence-electron chi connectivity index (χ1n) is 20.4. The second kappa shape index (κ2) is 13.9. The Hall–Kier alpha value is -7.42. The molecule has 0 bridgehead atoms. The molecular weight excluding hydrogens is 713 g/mol. The van der Waals surface area contributed by atoms with Crippen molar-refractivity contribution in [3.05, 3.63) is 217 Å². The van der Waals surface area contributed by atoms with Gasteiger partial charge in [0, 0.05) is 22.1 Å². The molecule has 0 unspecified atom stereocenters. The van der Waals surface area contributed by atoms with Gasteiger partial charge >= 0.3 is 0 Å². The van der Waals surface area contributed by atoms with Gasteiger partial charge in [-0.15, -0.1) is 0 Å². The van der Waals surface area contributed by atoms with Gasteiger partial charge in [-0.2, -0.15) is 0 Å². The molecular formula is C57H40N2. The zero-order valence-corrected chi connectivity index (χ0v) is 33.0. The highest BCUT2D eigenvalue weighted by atomic mass is 14.9. The molecule has 2 heteroatoms. The Morgan fingerprint density at radius 1 is 0.305 bits per heavy atom. The van der Waals surface area contributed by atoms with Crippen LogP contribution in [0.15, 0.2) is 206 Å². The zero-order valence-electron chi connectivity index (χ0n) is 33.0. The zero-order chi connectivity index (χ0) is 39.5. The van der Waals surface area contributed by atoms with Crippen LogP contribution in [0.1, 0.15) is 25.0 Å². The second-order valence-electron chi connectivity index (χ2n) is 16.2. The molecule has 11 rings (SSSR count). The van der Waals surface area contributed by atoms with Crippen molar-refractivity contribution in [1.29, 1.82) is 0 Å². The fraction of sp³-hybridized carbons (Fsp3) is 0.0526. The van der Waals surface area contributed by atoms with Crippen molar-refractivity contribution in [2.75, 3.05) is 0 Å². The third-order valence-electron chi connectivity index (χ3n) is 12.3. The maximum Gasteiger partial charge on any atom is 0.160 e. The number of hydrogen-bond acceptors (Lipinski definition) is 2. The summed E-state index contributed by atoms with van der Waals surface area (Å²) in [7, 11) is 0. The molecule has 0 spiro atoms. The molecule has 1 aliphatic carbocycles. The first kappa shape index (κ1) is 34.8. The molecule has 1 aromatic heterocycles. The smallest absolute Gasteiger partial charge is 0.160 e. The second-order valence-corrected chi connectivity index (χ2v) is 16.2. The Morgan fingerprint density at radius 3 is 1.61 bits per heavy atom. The highest BCUT2D eigenvalue weighted by molar-refractivity contribution is 6.05. The predicted octanol–water partition coefficient (Wildman–Crippen LogP) is 15.1. The molecule has 0 fully saturated rings. The van der Waals surface area contributed by atoms with Gasteiger partial charge in [0.25, 0.3) is 0 Å². The number of benzene rings is 9. The Labute approximate surface area is 345 Å². The first-order chi connectivity index (χ1) is 29.0. The van der Waals surface area contributed by atoms with Crippen LogP contribution in [0, 0.1) is 0 Å². The Morgan fingerprint density at radius 2 is 0.831 bits per heavy atom. The predicted molar refractivity (Wildman–Crippen MR) is 247 cm³/mol. The average Bonchev–Trinajstić information content (AvgIpc) is 3.54. The van der Waals surface area contributed by atoms with Crippen LogP contribution in [0.2, 0.25) is 0 Å². The van der Waals surface area contributed by atoms with Crippen molar-refractivity contribution < 1.29 is 0 Å². The van der Waals surface area contributed by atoms with Gasteiger partial charge in [-0.05, 0) is 95.4 Å². The Balaban J connectivity index is 0.957. The van der Waals surface area contributed by atoms with Gasteiger partial charge in [0.15, 0.2) is 5.82 Å². The van der Waals surface area contributed by atoms with Crippen molar-refractivity contribution in [3.63, 3.8) is 0 Å². The van der Waals surface area contributed by atoms with E-state index in [-0.39, 0.29) is 5.41 Å². The van der Waals surface area contributed by atoms with Crippen molar-refractivity contribution in [2.24, 2.45) is 0 Å². The van der Waals surface area contributed by atoms with Gasteiger partial charge in [-0.1, -0.05) is 202 Å². The minimum Gasteiger partial charge on any atom is -0.228 e. The molecule has 0 N–H and O–H groups in total. The highest BCUT2D eigenvalue weighted by Gasteiger charge is 2.35. The Kier molecular flexibility index (Phi) is 8.20. The van der Waals surface area contributed by atoms with Crippen molar-refractivity contribution >= 4 is 21.5 Å². The van der Waals surface area contributed by atoms with Crippen LogP contribution < -0.4 is 0 Å². The van der Waals surface area contributed by atoms with E-state index < -0.39 is 0 Å². The lowest BCUT2D eigenvalue weighted by atomic mass is 9.81. The summed E-state index contributed by atoms with van der Waals surface area (Å²) < 4.78 is 0. The molecule has 0 amide bonds. The quantitative estimate of drug-likeness (QED) is 0.169. The fourth-order valence-electron chi connectivity index (χ4n) is 9.15. The van der Waals surface area contributed by atoms with E-state index in [1.807, 2.05) is 18.2 Å². The van der Waals surface area contributed by atoms with E-state index in [2.05, 4.69) is 202 Å². The third-order valence-corrected chi connectivity index (χ3v) is 12.3.